The molecule has 0 aromatic rings. The van der Waals surface area contributed by atoms with Gasteiger partial charge in [-0.15, -0.1) is 0 Å². The van der Waals surface area contributed by atoms with Crippen molar-refractivity contribution in [3.63, 3.8) is 0 Å². The summed E-state index contributed by atoms with van der Waals surface area (Å²) in [4.78, 5) is 10.7. The highest BCUT2D eigenvalue weighted by Gasteiger charge is 2.10. The Hall–Kier alpha value is -0.790. The molecule has 0 radical (unpaired) electrons. The Bertz CT molecular complexity index is 178. The van der Waals surface area contributed by atoms with Gasteiger partial charge in [0.25, 0.3) is 0 Å². The van der Waals surface area contributed by atoms with Gasteiger partial charge in [-0.05, 0) is 18.3 Å². The van der Waals surface area contributed by atoms with Gasteiger partial charge in [0.05, 0.1) is 0 Å². The third-order valence-electron chi connectivity index (χ3n) is 1.68. The largest absolute Gasteiger partial charge is 0.478 e. The third kappa shape index (κ3) is 4.16. The molecule has 0 rings (SSSR count). The molecule has 0 aliphatic carbocycles. The van der Waals surface area contributed by atoms with Gasteiger partial charge in [-0.3, -0.25) is 0 Å². The second kappa shape index (κ2) is 4.96. The van der Waals surface area contributed by atoms with Crippen molar-refractivity contribution in [2.75, 3.05) is 0 Å². The molecule has 0 fully saturated rings. The minimum Gasteiger partial charge on any atom is -0.478 e. The molecule has 0 aliphatic heterocycles. The molecule has 0 bridgehead atoms. The molecule has 0 spiro atoms. The maximum absolute atomic E-state index is 10.7. The molecule has 0 unspecified atom stereocenters. The minimum absolute atomic E-state index is 0.112. The van der Waals surface area contributed by atoms with Crippen molar-refractivity contribution >= 4 is 5.97 Å². The normalized spacial score (nSPS) is 12.7. The molecule has 1 N–H and O–H groups in total. The van der Waals surface area contributed by atoms with Crippen LogP contribution >= 0.6 is 0 Å². The average molecular weight is 170 g/mol. The summed E-state index contributed by atoms with van der Waals surface area (Å²) in [6.45, 7) is 7.97. The number of hydrogen-bond donors (Lipinski definition) is 1. The van der Waals surface area contributed by atoms with Gasteiger partial charge in [0.15, 0.2) is 0 Å². The van der Waals surface area contributed by atoms with Crippen molar-refractivity contribution < 1.29 is 9.90 Å². The Morgan fingerprint density at radius 1 is 1.33 bits per heavy atom. The van der Waals surface area contributed by atoms with Gasteiger partial charge in [0.1, 0.15) is 0 Å². The number of carbonyl (C=O) groups is 1. The number of aliphatic carboxylic acids is 1. The summed E-state index contributed by atoms with van der Waals surface area (Å²) in [7, 11) is 0. The first-order valence-corrected chi connectivity index (χ1v) is 4.38. The molecule has 0 saturated carbocycles. The van der Waals surface area contributed by atoms with Crippen LogP contribution in [0.3, 0.4) is 0 Å². The first-order chi connectivity index (χ1) is 5.45. The minimum atomic E-state index is -0.786. The zero-order valence-electron chi connectivity index (χ0n) is 8.29. The van der Waals surface area contributed by atoms with E-state index in [4.69, 9.17) is 5.11 Å². The van der Waals surface area contributed by atoms with E-state index in [0.29, 0.717) is 11.5 Å². The first kappa shape index (κ1) is 11.2. The van der Waals surface area contributed by atoms with E-state index in [1.165, 1.54) is 0 Å². The van der Waals surface area contributed by atoms with E-state index >= 15 is 0 Å². The van der Waals surface area contributed by atoms with Crippen LogP contribution in [-0.2, 0) is 4.79 Å². The highest BCUT2D eigenvalue weighted by Crippen LogP contribution is 2.12. The SMILES string of the molecule is CC(C)C/C=C(/C(=O)O)C(C)C. The summed E-state index contributed by atoms with van der Waals surface area (Å²) in [5.74, 6) is -0.148. The summed E-state index contributed by atoms with van der Waals surface area (Å²) in [6, 6.07) is 0. The lowest BCUT2D eigenvalue weighted by atomic mass is 10.00. The lowest BCUT2D eigenvalue weighted by molar-refractivity contribution is -0.133. The molecule has 12 heavy (non-hydrogen) atoms. The van der Waals surface area contributed by atoms with E-state index < -0.39 is 5.97 Å². The van der Waals surface area contributed by atoms with Gasteiger partial charge in [0.2, 0.25) is 0 Å². The van der Waals surface area contributed by atoms with E-state index in [1.807, 2.05) is 19.9 Å². The number of rotatable bonds is 4. The van der Waals surface area contributed by atoms with Gasteiger partial charge in [0, 0.05) is 5.57 Å². The van der Waals surface area contributed by atoms with Gasteiger partial charge < -0.3 is 5.11 Å². The van der Waals surface area contributed by atoms with Crippen molar-refractivity contribution in [3.05, 3.63) is 11.6 Å². The Balaban J connectivity index is 4.30. The predicted molar refractivity (Wildman–Crippen MR) is 50.0 cm³/mol. The Morgan fingerprint density at radius 3 is 2.08 bits per heavy atom. The van der Waals surface area contributed by atoms with E-state index in [9.17, 15) is 4.79 Å². The first-order valence-electron chi connectivity index (χ1n) is 4.38. The maximum atomic E-state index is 10.7. The molecule has 70 valence electrons. The van der Waals surface area contributed by atoms with Crippen LogP contribution in [0, 0.1) is 11.8 Å². The Labute approximate surface area is 74.3 Å². The van der Waals surface area contributed by atoms with Crippen molar-refractivity contribution in [2.24, 2.45) is 11.8 Å². The smallest absolute Gasteiger partial charge is 0.331 e. The van der Waals surface area contributed by atoms with Crippen LogP contribution in [0.2, 0.25) is 0 Å². The zero-order chi connectivity index (χ0) is 9.72. The number of hydrogen-bond acceptors (Lipinski definition) is 1. The van der Waals surface area contributed by atoms with Crippen molar-refractivity contribution in [3.8, 4) is 0 Å². The van der Waals surface area contributed by atoms with Crippen molar-refractivity contribution in [1.82, 2.24) is 0 Å². The zero-order valence-corrected chi connectivity index (χ0v) is 8.29. The van der Waals surface area contributed by atoms with Crippen LogP contribution in [0.1, 0.15) is 34.1 Å². The quantitative estimate of drug-likeness (QED) is 0.659. The van der Waals surface area contributed by atoms with Gasteiger partial charge in [-0.25, -0.2) is 4.79 Å². The molecular weight excluding hydrogens is 152 g/mol. The number of carboxylic acids is 1. The van der Waals surface area contributed by atoms with Crippen LogP contribution < -0.4 is 0 Å². The lowest BCUT2D eigenvalue weighted by Gasteiger charge is -2.06. The summed E-state index contributed by atoms with van der Waals surface area (Å²) in [5.41, 5.74) is 0.531. The maximum Gasteiger partial charge on any atom is 0.331 e. The van der Waals surface area contributed by atoms with Crippen LogP contribution in [0.4, 0.5) is 0 Å². The topological polar surface area (TPSA) is 37.3 Å². The van der Waals surface area contributed by atoms with Crippen LogP contribution in [0.15, 0.2) is 11.6 Å². The second-order valence-electron chi connectivity index (χ2n) is 3.75. The molecule has 0 aromatic heterocycles. The number of carboxylic acid groups (broad SMARTS) is 1. The van der Waals surface area contributed by atoms with Crippen LogP contribution in [0.5, 0.6) is 0 Å². The molecule has 0 aromatic carbocycles. The summed E-state index contributed by atoms with van der Waals surface area (Å²) in [5, 5.41) is 8.79. The molecule has 0 atom stereocenters. The molecule has 0 aliphatic rings. The predicted octanol–water partition coefficient (Wildman–Crippen LogP) is 2.70. The summed E-state index contributed by atoms with van der Waals surface area (Å²) < 4.78 is 0. The monoisotopic (exact) mass is 170 g/mol. The molecule has 2 nitrogen and oxygen atoms in total. The standard InChI is InChI=1S/C10H18O2/c1-7(2)5-6-9(8(3)4)10(11)12/h6-8H,5H2,1-4H3,(H,11,12)/b9-6+. The molecule has 0 amide bonds. The second-order valence-corrected chi connectivity index (χ2v) is 3.75. The summed E-state index contributed by atoms with van der Waals surface area (Å²) >= 11 is 0. The van der Waals surface area contributed by atoms with Crippen LogP contribution in [0.25, 0.3) is 0 Å². The van der Waals surface area contributed by atoms with E-state index in [-0.39, 0.29) is 5.92 Å². The summed E-state index contributed by atoms with van der Waals surface area (Å²) in [6.07, 6.45) is 2.68. The molecule has 0 saturated heterocycles. The van der Waals surface area contributed by atoms with Gasteiger partial charge in [-0.2, -0.15) is 0 Å². The lowest BCUT2D eigenvalue weighted by Crippen LogP contribution is -2.07. The average Bonchev–Trinajstić information content (AvgIpc) is 1.84. The fourth-order valence-electron chi connectivity index (χ4n) is 0.933. The Kier molecular flexibility index (Phi) is 4.64. The van der Waals surface area contributed by atoms with Gasteiger partial charge >= 0.3 is 5.97 Å². The fourth-order valence-corrected chi connectivity index (χ4v) is 0.933. The van der Waals surface area contributed by atoms with E-state index in [2.05, 4.69) is 13.8 Å². The van der Waals surface area contributed by atoms with E-state index in [1.54, 1.807) is 0 Å². The van der Waals surface area contributed by atoms with Crippen molar-refractivity contribution in [1.29, 1.82) is 0 Å². The third-order valence-corrected chi connectivity index (χ3v) is 1.68. The number of allylic oxidation sites excluding steroid dienone is 1. The highest BCUT2D eigenvalue weighted by atomic mass is 16.4. The molecule has 2 heteroatoms. The fraction of sp³-hybridized carbons (Fsp3) is 0.700. The van der Waals surface area contributed by atoms with Gasteiger partial charge in [-0.1, -0.05) is 33.8 Å². The van der Waals surface area contributed by atoms with Crippen LogP contribution in [-0.4, -0.2) is 11.1 Å². The van der Waals surface area contributed by atoms with Crippen molar-refractivity contribution in [2.45, 2.75) is 34.1 Å². The van der Waals surface area contributed by atoms with E-state index in [0.717, 1.165) is 6.42 Å². The molecule has 0 heterocycles. The molecular formula is C10H18O2. The highest BCUT2D eigenvalue weighted by molar-refractivity contribution is 5.86. The Morgan fingerprint density at radius 2 is 1.83 bits per heavy atom.